The summed E-state index contributed by atoms with van der Waals surface area (Å²) in [6, 6.07) is 14.9. The van der Waals surface area contributed by atoms with E-state index in [0.29, 0.717) is 12.1 Å². The molecule has 7 nitrogen and oxygen atoms in total. The van der Waals surface area contributed by atoms with Gasteiger partial charge in [-0.25, -0.2) is 0 Å². The lowest BCUT2D eigenvalue weighted by molar-refractivity contribution is 0.0845. The second-order valence-electron chi connectivity index (χ2n) is 5.33. The van der Waals surface area contributed by atoms with Crippen molar-refractivity contribution in [3.8, 4) is 5.75 Å². The highest BCUT2D eigenvalue weighted by molar-refractivity contribution is 6.00. The van der Waals surface area contributed by atoms with Crippen molar-refractivity contribution in [2.24, 2.45) is 0 Å². The minimum absolute atomic E-state index is 0.0809. The molecule has 0 spiro atoms. The zero-order valence-electron chi connectivity index (χ0n) is 13.2. The summed E-state index contributed by atoms with van der Waals surface area (Å²) < 4.78 is 1.78. The number of para-hydroxylation sites is 1. The summed E-state index contributed by atoms with van der Waals surface area (Å²) in [6.07, 6.45) is 3.56. The first kappa shape index (κ1) is 16.3. The molecule has 0 saturated heterocycles. The van der Waals surface area contributed by atoms with Gasteiger partial charge in [-0.05, 0) is 35.9 Å². The van der Waals surface area contributed by atoms with Crippen LogP contribution in [0.15, 0.2) is 67.0 Å². The quantitative estimate of drug-likeness (QED) is 0.632. The molecule has 0 fully saturated rings. The van der Waals surface area contributed by atoms with Gasteiger partial charge in [-0.1, -0.05) is 24.3 Å². The predicted molar refractivity (Wildman–Crippen MR) is 90.8 cm³/mol. The van der Waals surface area contributed by atoms with Crippen LogP contribution in [0.25, 0.3) is 0 Å². The molecular weight excluding hydrogens is 320 g/mol. The van der Waals surface area contributed by atoms with Crippen LogP contribution in [0, 0.1) is 0 Å². The van der Waals surface area contributed by atoms with Crippen molar-refractivity contribution in [1.82, 2.24) is 20.6 Å². The summed E-state index contributed by atoms with van der Waals surface area (Å²) in [5, 5.41) is 13.7. The van der Waals surface area contributed by atoms with Crippen molar-refractivity contribution in [2.75, 3.05) is 0 Å². The number of hydrogen-bond donors (Lipinski definition) is 3. The molecule has 0 bridgehead atoms. The predicted octanol–water partition coefficient (Wildman–Crippen LogP) is 1.71. The number of phenols is 1. The smallest absolute Gasteiger partial charge is 0.273 e. The van der Waals surface area contributed by atoms with Crippen molar-refractivity contribution in [3.05, 3.63) is 83.7 Å². The van der Waals surface area contributed by atoms with E-state index in [2.05, 4.69) is 16.0 Å². The first-order chi connectivity index (χ1) is 12.1. The molecule has 0 saturated carbocycles. The largest absolute Gasteiger partial charge is 0.507 e. The molecule has 2 aromatic carbocycles. The number of benzene rings is 2. The van der Waals surface area contributed by atoms with E-state index in [4.69, 9.17) is 0 Å². The molecule has 0 aliphatic heterocycles. The van der Waals surface area contributed by atoms with Gasteiger partial charge in [0.1, 0.15) is 5.75 Å². The number of aromatic hydroxyl groups is 1. The Bertz CT molecular complexity index is 874. The van der Waals surface area contributed by atoms with Gasteiger partial charge in [-0.2, -0.15) is 5.10 Å². The summed E-state index contributed by atoms with van der Waals surface area (Å²) in [5.41, 5.74) is 6.08. The molecule has 0 atom stereocenters. The van der Waals surface area contributed by atoms with E-state index in [0.717, 1.165) is 5.56 Å². The van der Waals surface area contributed by atoms with Gasteiger partial charge in [0.05, 0.1) is 12.1 Å². The number of nitrogens with zero attached hydrogens (tertiary/aromatic N) is 2. The Balaban J connectivity index is 1.58. The van der Waals surface area contributed by atoms with Gasteiger partial charge in [0.2, 0.25) is 0 Å². The number of hydrazine groups is 1. The Morgan fingerprint density at radius 3 is 2.36 bits per heavy atom. The Morgan fingerprint density at radius 1 is 0.960 bits per heavy atom. The first-order valence-corrected chi connectivity index (χ1v) is 7.58. The van der Waals surface area contributed by atoms with Gasteiger partial charge in [0.15, 0.2) is 0 Å². The van der Waals surface area contributed by atoms with Crippen molar-refractivity contribution in [1.29, 1.82) is 0 Å². The maximum Gasteiger partial charge on any atom is 0.273 e. The van der Waals surface area contributed by atoms with E-state index < -0.39 is 11.8 Å². The molecule has 25 heavy (non-hydrogen) atoms. The average Bonchev–Trinajstić information content (AvgIpc) is 3.13. The standard InChI is InChI=1S/C18H16N4O3/c23-16-5-2-1-4-15(16)18(25)21-20-17(24)14-8-6-13(7-9-14)12-22-11-3-10-19-22/h1-11,23H,12H2,(H,20,24)(H,21,25). The minimum atomic E-state index is -0.596. The Labute approximate surface area is 143 Å². The van der Waals surface area contributed by atoms with Gasteiger partial charge >= 0.3 is 0 Å². The van der Waals surface area contributed by atoms with E-state index >= 15 is 0 Å². The lowest BCUT2D eigenvalue weighted by Crippen LogP contribution is -2.41. The van der Waals surface area contributed by atoms with Crippen LogP contribution >= 0.6 is 0 Å². The van der Waals surface area contributed by atoms with Gasteiger partial charge in [0, 0.05) is 18.0 Å². The van der Waals surface area contributed by atoms with Crippen LogP contribution in [-0.4, -0.2) is 26.7 Å². The number of hydrogen-bond acceptors (Lipinski definition) is 4. The second-order valence-corrected chi connectivity index (χ2v) is 5.33. The number of nitrogens with one attached hydrogen (secondary N) is 2. The zero-order valence-corrected chi connectivity index (χ0v) is 13.2. The SMILES string of the molecule is O=C(NNC(=O)c1ccccc1O)c1ccc(Cn2cccn2)cc1. The zero-order chi connectivity index (χ0) is 17.6. The summed E-state index contributed by atoms with van der Waals surface area (Å²) in [5.74, 6) is -1.20. The van der Waals surface area contributed by atoms with Gasteiger partial charge in [0.25, 0.3) is 11.8 Å². The highest BCUT2D eigenvalue weighted by atomic mass is 16.3. The van der Waals surface area contributed by atoms with Crippen LogP contribution in [-0.2, 0) is 6.54 Å². The minimum Gasteiger partial charge on any atom is -0.507 e. The van der Waals surface area contributed by atoms with Crippen LogP contribution in [0.1, 0.15) is 26.3 Å². The Morgan fingerprint density at radius 2 is 1.68 bits per heavy atom. The number of aromatic nitrogens is 2. The van der Waals surface area contributed by atoms with E-state index in [1.54, 1.807) is 35.1 Å². The molecule has 0 radical (unpaired) electrons. The van der Waals surface area contributed by atoms with E-state index in [1.165, 1.54) is 12.1 Å². The lowest BCUT2D eigenvalue weighted by Gasteiger charge is -2.09. The van der Waals surface area contributed by atoms with Crippen LogP contribution in [0.4, 0.5) is 0 Å². The number of amides is 2. The molecule has 3 rings (SSSR count). The molecule has 2 amide bonds. The third-order valence-electron chi connectivity index (χ3n) is 3.56. The van der Waals surface area contributed by atoms with Crippen molar-refractivity contribution >= 4 is 11.8 Å². The normalized spacial score (nSPS) is 10.2. The topological polar surface area (TPSA) is 96.3 Å². The molecule has 3 aromatic rings. The van der Waals surface area contributed by atoms with E-state index in [1.807, 2.05) is 24.4 Å². The van der Waals surface area contributed by atoms with Gasteiger partial charge in [-0.15, -0.1) is 0 Å². The molecular formula is C18H16N4O3. The molecule has 0 aliphatic rings. The lowest BCUT2D eigenvalue weighted by atomic mass is 10.1. The molecule has 3 N–H and O–H groups in total. The van der Waals surface area contributed by atoms with E-state index in [-0.39, 0.29) is 11.3 Å². The average molecular weight is 336 g/mol. The summed E-state index contributed by atoms with van der Waals surface area (Å²) in [4.78, 5) is 24.0. The fourth-order valence-corrected chi connectivity index (χ4v) is 2.26. The molecule has 1 heterocycles. The van der Waals surface area contributed by atoms with Crippen LogP contribution in [0.3, 0.4) is 0 Å². The second kappa shape index (κ2) is 7.31. The van der Waals surface area contributed by atoms with Crippen molar-refractivity contribution < 1.29 is 14.7 Å². The molecule has 0 aliphatic carbocycles. The van der Waals surface area contributed by atoms with Gasteiger partial charge < -0.3 is 5.11 Å². The number of carbonyl (C=O) groups excluding carboxylic acids is 2. The first-order valence-electron chi connectivity index (χ1n) is 7.58. The highest BCUT2D eigenvalue weighted by Crippen LogP contribution is 2.14. The summed E-state index contributed by atoms with van der Waals surface area (Å²) in [7, 11) is 0. The fraction of sp³-hybridized carbons (Fsp3) is 0.0556. The monoisotopic (exact) mass is 336 g/mol. The molecule has 1 aromatic heterocycles. The number of carbonyl (C=O) groups is 2. The van der Waals surface area contributed by atoms with Crippen molar-refractivity contribution in [2.45, 2.75) is 6.54 Å². The van der Waals surface area contributed by atoms with Crippen molar-refractivity contribution in [3.63, 3.8) is 0 Å². The third-order valence-corrected chi connectivity index (χ3v) is 3.56. The fourth-order valence-electron chi connectivity index (χ4n) is 2.26. The van der Waals surface area contributed by atoms with E-state index in [9.17, 15) is 14.7 Å². The maximum atomic E-state index is 12.1. The van der Waals surface area contributed by atoms with Crippen LogP contribution < -0.4 is 10.9 Å². The molecule has 126 valence electrons. The Kier molecular flexibility index (Phi) is 4.75. The van der Waals surface area contributed by atoms with Crippen LogP contribution in [0.2, 0.25) is 0 Å². The van der Waals surface area contributed by atoms with Crippen LogP contribution in [0.5, 0.6) is 5.75 Å². The number of rotatable bonds is 4. The maximum absolute atomic E-state index is 12.1. The highest BCUT2D eigenvalue weighted by Gasteiger charge is 2.12. The number of phenolic OH excluding ortho intramolecular Hbond substituents is 1. The molecule has 7 heteroatoms. The summed E-state index contributed by atoms with van der Waals surface area (Å²) >= 11 is 0. The molecule has 0 unspecified atom stereocenters. The summed E-state index contributed by atoms with van der Waals surface area (Å²) in [6.45, 7) is 0.610. The Hall–Kier alpha value is -3.61. The van der Waals surface area contributed by atoms with Gasteiger partial charge in [-0.3, -0.25) is 25.1 Å². The third kappa shape index (κ3) is 4.03.